The van der Waals surface area contributed by atoms with Crippen LogP contribution in [-0.2, 0) is 22.4 Å². The number of nitrogens with one attached hydrogen (secondary N) is 2. The smallest absolute Gasteiger partial charge is 0.224 e. The summed E-state index contributed by atoms with van der Waals surface area (Å²) >= 11 is 3.42. The van der Waals surface area contributed by atoms with E-state index in [-0.39, 0.29) is 35.7 Å². The zero-order chi connectivity index (χ0) is 19.2. The first-order valence-electron chi connectivity index (χ1n) is 9.68. The number of rotatable bonds is 8. The van der Waals surface area contributed by atoms with Gasteiger partial charge in [0, 0.05) is 46.5 Å². The molecule has 0 aromatic carbocycles. The zero-order valence-corrected chi connectivity index (χ0v) is 17.6. The van der Waals surface area contributed by atoms with Crippen molar-refractivity contribution in [3.8, 4) is 0 Å². The highest BCUT2D eigenvalue weighted by molar-refractivity contribution is 7.10. The Morgan fingerprint density at radius 2 is 1.37 bits per heavy atom. The SMILES string of the molecule is C[C@H](Cc1cccs1)NC(=O)[C@@H]1CCC[C@@H]1C(=O)N[C@@H](C)Cc1cccs1. The molecule has 4 atom stereocenters. The second kappa shape index (κ2) is 9.51. The molecule has 146 valence electrons. The van der Waals surface area contributed by atoms with Gasteiger partial charge >= 0.3 is 0 Å². The molecule has 4 nitrogen and oxygen atoms in total. The van der Waals surface area contributed by atoms with Gasteiger partial charge in [0.15, 0.2) is 0 Å². The van der Waals surface area contributed by atoms with E-state index in [0.29, 0.717) is 0 Å². The third-order valence-electron chi connectivity index (χ3n) is 5.14. The third kappa shape index (κ3) is 5.66. The van der Waals surface area contributed by atoms with Crippen molar-refractivity contribution < 1.29 is 9.59 Å². The molecular formula is C21H28N2O2S2. The standard InChI is InChI=1S/C21H28N2O2S2/c1-14(12-16-6-4-10-26-16)22-20(24)18-8-3-9-19(18)21(25)23-15(2)13-17-7-5-11-27-17/h4-7,10-11,14-15,18-19H,3,8-9,12-13H2,1-2H3,(H,22,24)(H,23,25)/t14-,15+,18-,19+. The summed E-state index contributed by atoms with van der Waals surface area (Å²) in [5.74, 6) is -0.348. The summed E-state index contributed by atoms with van der Waals surface area (Å²) in [4.78, 5) is 28.0. The lowest BCUT2D eigenvalue weighted by Gasteiger charge is -2.23. The largest absolute Gasteiger partial charge is 0.353 e. The van der Waals surface area contributed by atoms with Crippen LogP contribution in [0.1, 0.15) is 42.9 Å². The number of carbonyl (C=O) groups excluding carboxylic acids is 2. The van der Waals surface area contributed by atoms with Crippen LogP contribution in [0.15, 0.2) is 35.0 Å². The third-order valence-corrected chi connectivity index (χ3v) is 6.94. The Morgan fingerprint density at radius 3 is 1.74 bits per heavy atom. The second-order valence-electron chi connectivity index (χ2n) is 7.53. The van der Waals surface area contributed by atoms with Crippen molar-refractivity contribution in [1.29, 1.82) is 0 Å². The normalized spacial score (nSPS) is 21.6. The van der Waals surface area contributed by atoms with Crippen LogP contribution >= 0.6 is 22.7 Å². The molecule has 2 heterocycles. The van der Waals surface area contributed by atoms with Crippen LogP contribution in [0.2, 0.25) is 0 Å². The van der Waals surface area contributed by atoms with Gasteiger partial charge in [0.25, 0.3) is 0 Å². The minimum absolute atomic E-state index is 0.0302. The molecule has 3 rings (SSSR count). The van der Waals surface area contributed by atoms with E-state index in [4.69, 9.17) is 0 Å². The highest BCUT2D eigenvalue weighted by atomic mass is 32.1. The first-order chi connectivity index (χ1) is 13.0. The minimum atomic E-state index is -0.204. The Bertz CT molecular complexity index is 665. The maximum absolute atomic E-state index is 12.8. The average molecular weight is 405 g/mol. The van der Waals surface area contributed by atoms with Gasteiger partial charge in [-0.2, -0.15) is 0 Å². The Morgan fingerprint density at radius 1 is 0.926 bits per heavy atom. The lowest BCUT2D eigenvalue weighted by molar-refractivity contribution is -0.134. The van der Waals surface area contributed by atoms with Gasteiger partial charge in [0.05, 0.1) is 0 Å². The van der Waals surface area contributed by atoms with Gasteiger partial charge < -0.3 is 10.6 Å². The summed E-state index contributed by atoms with van der Waals surface area (Å²) < 4.78 is 0. The molecule has 1 fully saturated rings. The van der Waals surface area contributed by atoms with E-state index in [0.717, 1.165) is 32.1 Å². The number of hydrogen-bond donors (Lipinski definition) is 2. The maximum Gasteiger partial charge on any atom is 0.224 e. The molecule has 1 aliphatic carbocycles. The monoisotopic (exact) mass is 404 g/mol. The van der Waals surface area contributed by atoms with Gasteiger partial charge in [-0.15, -0.1) is 22.7 Å². The van der Waals surface area contributed by atoms with Crippen LogP contribution in [0.25, 0.3) is 0 Å². The van der Waals surface area contributed by atoms with Gasteiger partial charge in [-0.05, 0) is 49.6 Å². The Labute approximate surface area is 169 Å². The van der Waals surface area contributed by atoms with E-state index in [9.17, 15) is 9.59 Å². The van der Waals surface area contributed by atoms with E-state index in [1.807, 2.05) is 26.0 Å². The predicted octanol–water partition coefficient (Wildman–Crippen LogP) is 4.02. The summed E-state index contributed by atoms with van der Waals surface area (Å²) in [6, 6.07) is 8.41. The van der Waals surface area contributed by atoms with Gasteiger partial charge in [0.1, 0.15) is 0 Å². The lowest BCUT2D eigenvalue weighted by atomic mass is 9.93. The molecule has 0 aliphatic heterocycles. The van der Waals surface area contributed by atoms with E-state index >= 15 is 0 Å². The molecule has 1 saturated carbocycles. The molecule has 2 amide bonds. The molecule has 0 radical (unpaired) electrons. The van der Waals surface area contributed by atoms with E-state index in [1.54, 1.807) is 22.7 Å². The van der Waals surface area contributed by atoms with Crippen LogP contribution in [-0.4, -0.2) is 23.9 Å². The van der Waals surface area contributed by atoms with Crippen molar-refractivity contribution in [3.05, 3.63) is 44.8 Å². The van der Waals surface area contributed by atoms with Crippen LogP contribution in [0.4, 0.5) is 0 Å². The van der Waals surface area contributed by atoms with Gasteiger partial charge in [0.2, 0.25) is 11.8 Å². The number of hydrogen-bond acceptors (Lipinski definition) is 4. The molecule has 27 heavy (non-hydrogen) atoms. The van der Waals surface area contributed by atoms with Crippen LogP contribution < -0.4 is 10.6 Å². The van der Waals surface area contributed by atoms with Gasteiger partial charge in [-0.25, -0.2) is 0 Å². The van der Waals surface area contributed by atoms with E-state index in [2.05, 4.69) is 33.5 Å². The fraction of sp³-hybridized carbons (Fsp3) is 0.524. The summed E-state index contributed by atoms with van der Waals surface area (Å²) in [6.45, 7) is 4.06. The molecule has 6 heteroatoms. The van der Waals surface area contributed by atoms with Crippen molar-refractivity contribution in [1.82, 2.24) is 10.6 Å². The quantitative estimate of drug-likeness (QED) is 0.698. The Kier molecular flexibility index (Phi) is 7.07. The fourth-order valence-corrected chi connectivity index (χ4v) is 5.52. The Balaban J connectivity index is 1.50. The molecule has 0 spiro atoms. The number of amides is 2. The fourth-order valence-electron chi connectivity index (χ4n) is 3.85. The molecule has 0 saturated heterocycles. The summed E-state index contributed by atoms with van der Waals surface area (Å²) in [7, 11) is 0. The minimum Gasteiger partial charge on any atom is -0.353 e. The topological polar surface area (TPSA) is 58.2 Å². The first-order valence-corrected chi connectivity index (χ1v) is 11.4. The number of thiophene rings is 2. The van der Waals surface area contributed by atoms with Crippen molar-refractivity contribution in [2.45, 2.75) is 58.0 Å². The maximum atomic E-state index is 12.8. The van der Waals surface area contributed by atoms with Crippen LogP contribution in [0.5, 0.6) is 0 Å². The molecule has 2 aromatic heterocycles. The van der Waals surface area contributed by atoms with Crippen molar-refractivity contribution in [3.63, 3.8) is 0 Å². The molecule has 0 bridgehead atoms. The second-order valence-corrected chi connectivity index (χ2v) is 9.59. The Hall–Kier alpha value is -1.66. The van der Waals surface area contributed by atoms with E-state index in [1.165, 1.54) is 9.75 Å². The molecule has 1 aliphatic rings. The molecule has 2 aromatic rings. The van der Waals surface area contributed by atoms with Crippen LogP contribution in [0, 0.1) is 11.8 Å². The number of carbonyl (C=O) groups is 2. The lowest BCUT2D eigenvalue weighted by Crippen LogP contribution is -2.45. The van der Waals surface area contributed by atoms with E-state index < -0.39 is 0 Å². The van der Waals surface area contributed by atoms with Gasteiger partial charge in [-0.3, -0.25) is 9.59 Å². The summed E-state index contributed by atoms with van der Waals surface area (Å²) in [5, 5.41) is 10.4. The first kappa shape index (κ1) is 20.1. The summed E-state index contributed by atoms with van der Waals surface area (Å²) in [6.07, 6.45) is 4.22. The molecular weight excluding hydrogens is 376 g/mol. The highest BCUT2D eigenvalue weighted by Crippen LogP contribution is 2.32. The molecule has 0 unspecified atom stereocenters. The van der Waals surface area contributed by atoms with Gasteiger partial charge in [-0.1, -0.05) is 18.6 Å². The average Bonchev–Trinajstić information content (AvgIpc) is 3.36. The summed E-state index contributed by atoms with van der Waals surface area (Å²) in [5.41, 5.74) is 0. The van der Waals surface area contributed by atoms with Crippen LogP contribution in [0.3, 0.4) is 0 Å². The van der Waals surface area contributed by atoms with Crippen molar-refractivity contribution >= 4 is 34.5 Å². The molecule has 2 N–H and O–H groups in total. The van der Waals surface area contributed by atoms with Crippen molar-refractivity contribution in [2.75, 3.05) is 0 Å². The van der Waals surface area contributed by atoms with Crippen molar-refractivity contribution in [2.24, 2.45) is 11.8 Å². The zero-order valence-electron chi connectivity index (χ0n) is 15.9. The predicted molar refractivity (Wildman–Crippen MR) is 112 cm³/mol. The highest BCUT2D eigenvalue weighted by Gasteiger charge is 2.38.